The minimum absolute atomic E-state index is 0.172. The van der Waals surface area contributed by atoms with Gasteiger partial charge in [-0.25, -0.2) is 4.98 Å². The molecule has 2 aliphatic carbocycles. The highest BCUT2D eigenvalue weighted by Gasteiger charge is 2.24. The molecule has 1 atom stereocenters. The molecule has 3 aromatic heterocycles. The van der Waals surface area contributed by atoms with Crippen molar-refractivity contribution >= 4 is 17.0 Å². The molecule has 0 N–H and O–H groups in total. The van der Waals surface area contributed by atoms with Crippen LogP contribution in [0.4, 0.5) is 5.82 Å². The Labute approximate surface area is 204 Å². The molecular formula is C29H27N5O. The average molecular weight is 462 g/mol. The van der Waals surface area contributed by atoms with Crippen molar-refractivity contribution in [3.05, 3.63) is 117 Å². The van der Waals surface area contributed by atoms with Gasteiger partial charge in [0.05, 0.1) is 0 Å². The molecule has 4 heterocycles. The predicted molar refractivity (Wildman–Crippen MR) is 139 cm³/mol. The summed E-state index contributed by atoms with van der Waals surface area (Å²) in [4.78, 5) is 23.7. The van der Waals surface area contributed by atoms with E-state index in [1.54, 1.807) is 0 Å². The van der Waals surface area contributed by atoms with Gasteiger partial charge in [-0.2, -0.15) is 4.52 Å². The maximum Gasteiger partial charge on any atom is 0.274 e. The van der Waals surface area contributed by atoms with Gasteiger partial charge in [-0.3, -0.25) is 9.78 Å². The molecule has 174 valence electrons. The lowest BCUT2D eigenvalue weighted by molar-refractivity contribution is 0.685. The van der Waals surface area contributed by atoms with Crippen LogP contribution in [0.5, 0.6) is 0 Å². The zero-order valence-electron chi connectivity index (χ0n) is 20.2. The van der Waals surface area contributed by atoms with Crippen LogP contribution in [-0.2, 0) is 13.0 Å². The normalized spacial score (nSPS) is 19.3. The molecule has 0 saturated carbocycles. The van der Waals surface area contributed by atoms with Crippen LogP contribution in [0, 0.1) is 12.8 Å². The summed E-state index contributed by atoms with van der Waals surface area (Å²) in [6.07, 6.45) is 17.8. The van der Waals surface area contributed by atoms with Crippen molar-refractivity contribution < 1.29 is 0 Å². The van der Waals surface area contributed by atoms with Crippen LogP contribution in [0.15, 0.2) is 88.6 Å². The van der Waals surface area contributed by atoms with Gasteiger partial charge in [-0.15, -0.1) is 5.10 Å². The molecule has 3 aromatic rings. The lowest BCUT2D eigenvalue weighted by Gasteiger charge is -2.31. The third-order valence-corrected chi connectivity index (χ3v) is 7.21. The Bertz CT molecular complexity index is 1580. The molecule has 6 rings (SSSR count). The maximum absolute atomic E-state index is 12.3. The first-order valence-corrected chi connectivity index (χ1v) is 12.0. The van der Waals surface area contributed by atoms with Crippen LogP contribution in [0.25, 0.3) is 11.2 Å². The monoisotopic (exact) mass is 461 g/mol. The number of aromatic nitrogens is 4. The van der Waals surface area contributed by atoms with Gasteiger partial charge in [0, 0.05) is 55.1 Å². The SMILES string of the molecule is CC1=CC=C2C(c3cnc4c(c3)CN(c3nn5c(=O)ccnc5cc3C)CC4)=CC=CC2C=C1C. The van der Waals surface area contributed by atoms with Crippen molar-refractivity contribution in [2.45, 2.75) is 33.7 Å². The molecule has 0 radical (unpaired) electrons. The number of aryl methyl sites for hydroxylation is 1. The lowest BCUT2D eigenvalue weighted by Crippen LogP contribution is -2.33. The first-order chi connectivity index (χ1) is 17.0. The molecular weight excluding hydrogens is 434 g/mol. The van der Waals surface area contributed by atoms with E-state index in [1.807, 2.05) is 19.2 Å². The zero-order chi connectivity index (χ0) is 24.1. The predicted octanol–water partition coefficient (Wildman–Crippen LogP) is 4.76. The van der Waals surface area contributed by atoms with Gasteiger partial charge in [-0.05, 0) is 60.8 Å². The molecule has 0 saturated heterocycles. The van der Waals surface area contributed by atoms with Crippen molar-refractivity contribution in [3.63, 3.8) is 0 Å². The van der Waals surface area contributed by atoms with Crippen molar-refractivity contribution in [2.75, 3.05) is 11.4 Å². The number of allylic oxidation sites excluding steroid dienone is 10. The molecule has 35 heavy (non-hydrogen) atoms. The number of nitrogens with zero attached hydrogens (tertiary/aromatic N) is 5. The summed E-state index contributed by atoms with van der Waals surface area (Å²) in [5, 5.41) is 4.67. The topological polar surface area (TPSA) is 63.4 Å². The summed E-state index contributed by atoms with van der Waals surface area (Å²) in [6, 6.07) is 5.65. The Balaban J connectivity index is 1.36. The highest BCUT2D eigenvalue weighted by Crippen LogP contribution is 2.37. The fourth-order valence-corrected chi connectivity index (χ4v) is 5.12. The Hall–Kier alpha value is -4.06. The van der Waals surface area contributed by atoms with E-state index in [0.717, 1.165) is 35.6 Å². The van der Waals surface area contributed by atoms with E-state index in [1.165, 1.54) is 44.6 Å². The smallest absolute Gasteiger partial charge is 0.274 e. The Morgan fingerprint density at radius 1 is 1.03 bits per heavy atom. The van der Waals surface area contributed by atoms with Gasteiger partial charge in [-0.1, -0.05) is 42.0 Å². The average Bonchev–Trinajstić information content (AvgIpc) is 3.01. The number of anilines is 1. The van der Waals surface area contributed by atoms with E-state index in [-0.39, 0.29) is 11.5 Å². The van der Waals surface area contributed by atoms with Crippen LogP contribution < -0.4 is 10.5 Å². The summed E-state index contributed by atoms with van der Waals surface area (Å²) < 4.78 is 1.38. The summed E-state index contributed by atoms with van der Waals surface area (Å²) in [7, 11) is 0. The van der Waals surface area contributed by atoms with Crippen molar-refractivity contribution in [1.82, 2.24) is 19.6 Å². The fourth-order valence-electron chi connectivity index (χ4n) is 5.12. The summed E-state index contributed by atoms with van der Waals surface area (Å²) >= 11 is 0. The first-order valence-electron chi connectivity index (χ1n) is 12.0. The molecule has 0 spiro atoms. The second-order valence-corrected chi connectivity index (χ2v) is 9.52. The van der Waals surface area contributed by atoms with E-state index >= 15 is 0 Å². The first kappa shape index (κ1) is 21.5. The quantitative estimate of drug-likeness (QED) is 0.551. The number of hydrogen-bond donors (Lipinski definition) is 0. The third kappa shape index (κ3) is 3.75. The van der Waals surface area contributed by atoms with Crippen molar-refractivity contribution in [3.8, 4) is 0 Å². The van der Waals surface area contributed by atoms with E-state index < -0.39 is 0 Å². The van der Waals surface area contributed by atoms with E-state index in [9.17, 15) is 4.79 Å². The maximum atomic E-state index is 12.3. The minimum atomic E-state index is -0.172. The standard InChI is InChI=1S/C29H27N5O/c1-18-7-8-25-21(13-19(18)2)5-4-6-24(25)22-15-23-17-33(12-10-26(23)31-16-22)29-20(3)14-27-30-11-9-28(35)34(27)32-29/h4-9,11,13-16,21H,10,12,17H2,1-3H3. The lowest BCUT2D eigenvalue weighted by atomic mass is 9.84. The van der Waals surface area contributed by atoms with Crippen LogP contribution in [0.3, 0.4) is 0 Å². The molecule has 3 aliphatic rings. The number of rotatable bonds is 2. The van der Waals surface area contributed by atoms with Crippen molar-refractivity contribution in [2.24, 2.45) is 5.92 Å². The molecule has 6 heteroatoms. The van der Waals surface area contributed by atoms with E-state index in [0.29, 0.717) is 12.2 Å². The number of hydrogen-bond acceptors (Lipinski definition) is 5. The number of fused-ring (bicyclic) bond motifs is 3. The van der Waals surface area contributed by atoms with Crippen molar-refractivity contribution in [1.29, 1.82) is 0 Å². The molecule has 1 unspecified atom stereocenters. The van der Waals surface area contributed by atoms with Crippen LogP contribution in [0.2, 0.25) is 0 Å². The Morgan fingerprint density at radius 2 is 1.91 bits per heavy atom. The molecule has 1 aliphatic heterocycles. The van der Waals surface area contributed by atoms with E-state index in [2.05, 4.69) is 71.4 Å². The molecule has 0 amide bonds. The van der Waals surface area contributed by atoms with Crippen LogP contribution in [0.1, 0.15) is 36.2 Å². The summed E-state index contributed by atoms with van der Waals surface area (Å²) in [5.41, 5.74) is 10.0. The number of pyridine rings is 1. The van der Waals surface area contributed by atoms with Crippen LogP contribution >= 0.6 is 0 Å². The molecule has 6 nitrogen and oxygen atoms in total. The molecule has 0 fully saturated rings. The van der Waals surface area contributed by atoms with Gasteiger partial charge in [0.25, 0.3) is 5.56 Å². The van der Waals surface area contributed by atoms with Gasteiger partial charge < -0.3 is 4.90 Å². The van der Waals surface area contributed by atoms with Gasteiger partial charge in [0.2, 0.25) is 0 Å². The van der Waals surface area contributed by atoms with Gasteiger partial charge in [0.1, 0.15) is 0 Å². The highest BCUT2D eigenvalue weighted by atomic mass is 16.1. The summed E-state index contributed by atoms with van der Waals surface area (Å²) in [6.45, 7) is 7.87. The highest BCUT2D eigenvalue weighted by molar-refractivity contribution is 5.83. The van der Waals surface area contributed by atoms with Crippen LogP contribution in [-0.4, -0.2) is 26.1 Å². The molecule has 0 bridgehead atoms. The zero-order valence-corrected chi connectivity index (χ0v) is 20.2. The van der Waals surface area contributed by atoms with Gasteiger partial charge in [0.15, 0.2) is 11.5 Å². The third-order valence-electron chi connectivity index (χ3n) is 7.21. The van der Waals surface area contributed by atoms with Gasteiger partial charge >= 0.3 is 0 Å². The summed E-state index contributed by atoms with van der Waals surface area (Å²) in [5.74, 6) is 1.09. The van der Waals surface area contributed by atoms with E-state index in [4.69, 9.17) is 4.98 Å². The minimum Gasteiger partial charge on any atom is -0.350 e. The molecule has 0 aromatic carbocycles. The largest absolute Gasteiger partial charge is 0.350 e. The Morgan fingerprint density at radius 3 is 2.80 bits per heavy atom. The Kier molecular flexibility index (Phi) is 5.10. The fraction of sp³-hybridized carbons (Fsp3) is 0.241. The second-order valence-electron chi connectivity index (χ2n) is 9.52. The second kappa shape index (κ2) is 8.31.